The van der Waals surface area contributed by atoms with Gasteiger partial charge in [-0.3, -0.25) is 4.79 Å². The van der Waals surface area contributed by atoms with Gasteiger partial charge < -0.3 is 15.4 Å². The Morgan fingerprint density at radius 1 is 1.32 bits per heavy atom. The molecule has 122 valence electrons. The standard InChI is InChI=1S/C17H25FN2O2/c1-13(11-19-2)16(21)20-12-17(7-9-22-10-8-17)14-3-5-15(18)6-4-14/h3-6,13,19H,7-12H2,1-2H3,(H,20,21). The fraction of sp³-hybridized carbons (Fsp3) is 0.588. The number of benzene rings is 1. The van der Waals surface area contributed by atoms with Crippen molar-refractivity contribution < 1.29 is 13.9 Å². The lowest BCUT2D eigenvalue weighted by Gasteiger charge is -2.38. The molecule has 1 aliphatic heterocycles. The highest BCUT2D eigenvalue weighted by Gasteiger charge is 2.35. The summed E-state index contributed by atoms with van der Waals surface area (Å²) in [7, 11) is 1.84. The number of ether oxygens (including phenoxy) is 1. The summed E-state index contributed by atoms with van der Waals surface area (Å²) in [4.78, 5) is 12.2. The number of amides is 1. The van der Waals surface area contributed by atoms with Crippen LogP contribution in [0, 0.1) is 11.7 Å². The first-order valence-electron chi connectivity index (χ1n) is 7.83. The van der Waals surface area contributed by atoms with Crippen LogP contribution in [0.15, 0.2) is 24.3 Å². The first kappa shape index (κ1) is 16.9. The molecular weight excluding hydrogens is 283 g/mol. The Bertz CT molecular complexity index is 484. The fourth-order valence-corrected chi connectivity index (χ4v) is 2.96. The van der Waals surface area contributed by atoms with Crippen molar-refractivity contribution in [2.24, 2.45) is 5.92 Å². The molecule has 0 aliphatic carbocycles. The van der Waals surface area contributed by atoms with Gasteiger partial charge in [-0.05, 0) is 37.6 Å². The zero-order valence-electron chi connectivity index (χ0n) is 13.3. The maximum absolute atomic E-state index is 13.2. The molecule has 22 heavy (non-hydrogen) atoms. The van der Waals surface area contributed by atoms with E-state index in [1.165, 1.54) is 12.1 Å². The van der Waals surface area contributed by atoms with Crippen LogP contribution in [0.25, 0.3) is 0 Å². The van der Waals surface area contributed by atoms with Crippen molar-refractivity contribution in [3.63, 3.8) is 0 Å². The smallest absolute Gasteiger partial charge is 0.224 e. The Hall–Kier alpha value is -1.46. The molecule has 1 aromatic carbocycles. The molecule has 1 atom stereocenters. The van der Waals surface area contributed by atoms with Crippen LogP contribution in [0.5, 0.6) is 0 Å². The number of rotatable bonds is 6. The second kappa shape index (κ2) is 7.70. The lowest BCUT2D eigenvalue weighted by Crippen LogP contribution is -2.46. The third kappa shape index (κ3) is 4.05. The van der Waals surface area contributed by atoms with Crippen LogP contribution in [0.1, 0.15) is 25.3 Å². The molecule has 2 N–H and O–H groups in total. The number of halogens is 1. The number of hydrogen-bond acceptors (Lipinski definition) is 3. The Morgan fingerprint density at radius 2 is 1.95 bits per heavy atom. The molecule has 0 spiro atoms. The second-order valence-electron chi connectivity index (χ2n) is 6.08. The number of hydrogen-bond donors (Lipinski definition) is 2. The molecule has 1 fully saturated rings. The van der Waals surface area contributed by atoms with E-state index in [4.69, 9.17) is 4.74 Å². The Kier molecular flexibility index (Phi) is 5.91. The molecule has 0 bridgehead atoms. The molecule has 1 aliphatic rings. The van der Waals surface area contributed by atoms with Gasteiger partial charge in [0, 0.05) is 37.6 Å². The molecular formula is C17H25FN2O2. The number of carbonyl (C=O) groups is 1. The summed E-state index contributed by atoms with van der Waals surface area (Å²) in [6, 6.07) is 6.61. The van der Waals surface area contributed by atoms with Crippen molar-refractivity contribution in [3.8, 4) is 0 Å². The normalized spacial score (nSPS) is 18.7. The highest BCUT2D eigenvalue weighted by molar-refractivity contribution is 5.78. The topological polar surface area (TPSA) is 50.4 Å². The van der Waals surface area contributed by atoms with Crippen LogP contribution < -0.4 is 10.6 Å². The fourth-order valence-electron chi connectivity index (χ4n) is 2.96. The number of nitrogens with one attached hydrogen (secondary N) is 2. The van der Waals surface area contributed by atoms with Crippen molar-refractivity contribution >= 4 is 5.91 Å². The van der Waals surface area contributed by atoms with Crippen molar-refractivity contribution in [3.05, 3.63) is 35.6 Å². The van der Waals surface area contributed by atoms with Crippen LogP contribution in [-0.4, -0.2) is 39.3 Å². The van der Waals surface area contributed by atoms with E-state index in [0.29, 0.717) is 26.3 Å². The minimum absolute atomic E-state index is 0.0438. The molecule has 1 heterocycles. The molecule has 4 nitrogen and oxygen atoms in total. The predicted octanol–water partition coefficient (Wildman–Crippen LogP) is 1.85. The van der Waals surface area contributed by atoms with Gasteiger partial charge in [0.15, 0.2) is 0 Å². The molecule has 5 heteroatoms. The van der Waals surface area contributed by atoms with E-state index >= 15 is 0 Å². The zero-order chi connectivity index (χ0) is 16.0. The molecule has 0 radical (unpaired) electrons. The van der Waals surface area contributed by atoms with E-state index in [1.54, 1.807) is 0 Å². The molecule has 2 rings (SSSR count). The summed E-state index contributed by atoms with van der Waals surface area (Å²) in [6.07, 6.45) is 1.67. The van der Waals surface area contributed by atoms with Gasteiger partial charge in [0.05, 0.1) is 0 Å². The van der Waals surface area contributed by atoms with Gasteiger partial charge in [0.25, 0.3) is 0 Å². The van der Waals surface area contributed by atoms with E-state index in [1.807, 2.05) is 26.1 Å². The molecule has 1 amide bonds. The molecule has 1 saturated heterocycles. The first-order chi connectivity index (χ1) is 10.6. The quantitative estimate of drug-likeness (QED) is 0.843. The van der Waals surface area contributed by atoms with Crippen LogP contribution in [-0.2, 0) is 14.9 Å². The third-order valence-electron chi connectivity index (χ3n) is 4.47. The van der Waals surface area contributed by atoms with Crippen LogP contribution in [0.4, 0.5) is 4.39 Å². The van der Waals surface area contributed by atoms with Crippen LogP contribution >= 0.6 is 0 Å². The summed E-state index contributed by atoms with van der Waals surface area (Å²) in [5.74, 6) is -0.268. The van der Waals surface area contributed by atoms with E-state index in [0.717, 1.165) is 18.4 Å². The van der Waals surface area contributed by atoms with Gasteiger partial charge in [0.1, 0.15) is 5.82 Å². The SMILES string of the molecule is CNCC(C)C(=O)NCC1(c2ccc(F)cc2)CCOCC1. The molecule has 0 saturated carbocycles. The summed E-state index contributed by atoms with van der Waals surface area (Å²) >= 11 is 0. The van der Waals surface area contributed by atoms with Crippen LogP contribution in [0.3, 0.4) is 0 Å². The van der Waals surface area contributed by atoms with Crippen molar-refractivity contribution in [1.82, 2.24) is 10.6 Å². The van der Waals surface area contributed by atoms with Gasteiger partial charge in [-0.2, -0.15) is 0 Å². The van der Waals surface area contributed by atoms with Crippen molar-refractivity contribution in [2.45, 2.75) is 25.2 Å². The molecule has 0 aromatic heterocycles. The average molecular weight is 308 g/mol. The monoisotopic (exact) mass is 308 g/mol. The lowest BCUT2D eigenvalue weighted by molar-refractivity contribution is -0.124. The van der Waals surface area contributed by atoms with Crippen LogP contribution in [0.2, 0.25) is 0 Å². The van der Waals surface area contributed by atoms with Gasteiger partial charge in [-0.25, -0.2) is 4.39 Å². The zero-order valence-corrected chi connectivity index (χ0v) is 13.3. The van der Waals surface area contributed by atoms with E-state index in [2.05, 4.69) is 10.6 Å². The van der Waals surface area contributed by atoms with Gasteiger partial charge in [0.2, 0.25) is 5.91 Å². The Labute approximate surface area is 131 Å². The predicted molar refractivity (Wildman–Crippen MR) is 84.2 cm³/mol. The first-order valence-corrected chi connectivity index (χ1v) is 7.83. The van der Waals surface area contributed by atoms with E-state index in [9.17, 15) is 9.18 Å². The highest BCUT2D eigenvalue weighted by atomic mass is 19.1. The second-order valence-corrected chi connectivity index (χ2v) is 6.08. The summed E-state index contributed by atoms with van der Waals surface area (Å²) in [6.45, 7) is 4.45. The minimum atomic E-state index is -0.238. The van der Waals surface area contributed by atoms with E-state index in [-0.39, 0.29) is 23.1 Å². The maximum atomic E-state index is 13.2. The number of carbonyl (C=O) groups excluding carboxylic acids is 1. The summed E-state index contributed by atoms with van der Waals surface area (Å²) in [5.41, 5.74) is 0.903. The molecule has 1 unspecified atom stereocenters. The van der Waals surface area contributed by atoms with Gasteiger partial charge >= 0.3 is 0 Å². The molecule has 1 aromatic rings. The lowest BCUT2D eigenvalue weighted by atomic mass is 9.74. The average Bonchev–Trinajstić information content (AvgIpc) is 2.54. The Balaban J connectivity index is 2.09. The largest absolute Gasteiger partial charge is 0.381 e. The highest BCUT2D eigenvalue weighted by Crippen LogP contribution is 2.34. The minimum Gasteiger partial charge on any atom is -0.381 e. The van der Waals surface area contributed by atoms with Gasteiger partial charge in [-0.1, -0.05) is 19.1 Å². The van der Waals surface area contributed by atoms with E-state index < -0.39 is 0 Å². The van der Waals surface area contributed by atoms with Crippen molar-refractivity contribution in [1.29, 1.82) is 0 Å². The third-order valence-corrected chi connectivity index (χ3v) is 4.47. The van der Waals surface area contributed by atoms with Crippen molar-refractivity contribution in [2.75, 3.05) is 33.4 Å². The maximum Gasteiger partial charge on any atom is 0.224 e. The Morgan fingerprint density at radius 3 is 2.55 bits per heavy atom. The summed E-state index contributed by atoms with van der Waals surface area (Å²) < 4.78 is 18.6. The van der Waals surface area contributed by atoms with Gasteiger partial charge in [-0.15, -0.1) is 0 Å². The summed E-state index contributed by atoms with van der Waals surface area (Å²) in [5, 5.41) is 6.07.